The van der Waals surface area contributed by atoms with E-state index in [-0.39, 0.29) is 5.92 Å². The first-order chi connectivity index (χ1) is 5.37. The lowest BCUT2D eigenvalue weighted by Crippen LogP contribution is -2.39. The highest BCUT2D eigenvalue weighted by molar-refractivity contribution is 9.42. The number of hydrogen-bond acceptors (Lipinski definition) is 0. The Bertz CT molecular complexity index is 134. The zero-order valence-corrected chi connectivity index (χ0v) is 19.8. The number of rotatable bonds is 0. The summed E-state index contributed by atoms with van der Waals surface area (Å²) in [5.74, 6) is -0.0208. The van der Waals surface area contributed by atoms with Crippen LogP contribution in [-0.4, -0.2) is 6.43 Å². The van der Waals surface area contributed by atoms with E-state index in [2.05, 4.69) is 143 Å². The highest BCUT2D eigenvalue weighted by atomic mass is 80.0. The van der Waals surface area contributed by atoms with Crippen LogP contribution in [0.4, 0.5) is 0 Å². The molecule has 80 valence electrons. The molecule has 0 saturated heterocycles. The third-order valence-electron chi connectivity index (χ3n) is 0.982. The van der Waals surface area contributed by atoms with Gasteiger partial charge in [-0.05, 0) is 0 Å². The monoisotopic (exact) mass is 759 g/mol. The van der Waals surface area contributed by atoms with Gasteiger partial charge in [-0.15, -0.1) is 0 Å². The second kappa shape index (κ2) is 5.97. The largest absolute Gasteiger partial charge is 0.143 e. The fourth-order valence-corrected chi connectivity index (χ4v) is 15.0. The number of hydrogen-bond donors (Lipinski definition) is 0. The van der Waals surface area contributed by atoms with Crippen LogP contribution in [0, 0.1) is 5.92 Å². The van der Waals surface area contributed by atoms with Gasteiger partial charge in [0.1, 0.15) is 6.43 Å². The molecule has 0 aliphatic carbocycles. The van der Waals surface area contributed by atoms with Crippen molar-refractivity contribution >= 4 is 143 Å². The van der Waals surface area contributed by atoms with E-state index in [1.54, 1.807) is 0 Å². The topological polar surface area (TPSA) is 0 Å². The minimum absolute atomic E-state index is 0.0208. The van der Waals surface area contributed by atoms with Crippen molar-refractivity contribution < 1.29 is 0 Å². The Morgan fingerprint density at radius 1 is 0.462 bits per heavy atom. The molecule has 0 aliphatic heterocycles. The highest BCUT2D eigenvalue weighted by Crippen LogP contribution is 2.63. The molecule has 0 aromatic carbocycles. The minimum atomic E-state index is -0.458. The number of alkyl halides is 9. The zero-order chi connectivity index (χ0) is 11.1. The predicted octanol–water partition coefficient (Wildman–Crippen LogP) is 7.12. The molecule has 0 spiro atoms. The summed E-state index contributed by atoms with van der Waals surface area (Å²) in [6.07, 6.45) is 0. The van der Waals surface area contributed by atoms with Crippen molar-refractivity contribution in [3.8, 4) is 0 Å². The third-order valence-corrected chi connectivity index (χ3v) is 5.10. The maximum atomic E-state index is 3.47. The van der Waals surface area contributed by atoms with Gasteiger partial charge in [-0.3, -0.25) is 0 Å². The molecule has 0 saturated carbocycles. The van der Waals surface area contributed by atoms with Crippen LogP contribution < -0.4 is 0 Å². The van der Waals surface area contributed by atoms with Crippen molar-refractivity contribution in [3.05, 3.63) is 0 Å². The zero-order valence-electron chi connectivity index (χ0n) is 5.48. The molecule has 0 rings (SSSR count). The summed E-state index contributed by atoms with van der Waals surface area (Å²) in [5, 5.41) is 0. The lowest BCUT2D eigenvalue weighted by Gasteiger charge is -2.38. The van der Waals surface area contributed by atoms with Crippen molar-refractivity contribution in [3.63, 3.8) is 0 Å². The molecule has 0 amide bonds. The van der Waals surface area contributed by atoms with Crippen LogP contribution in [0.1, 0.15) is 0 Å². The smallest absolute Gasteiger partial charge is 0.0594 e. The Labute approximate surface area is 153 Å². The van der Waals surface area contributed by atoms with Gasteiger partial charge < -0.3 is 0 Å². The van der Waals surface area contributed by atoms with Crippen LogP contribution >= 0.6 is 143 Å². The molecule has 9 heteroatoms. The van der Waals surface area contributed by atoms with Crippen molar-refractivity contribution in [2.75, 3.05) is 0 Å². The molecule has 0 bridgehead atoms. The summed E-state index contributed by atoms with van der Waals surface area (Å²) < 4.78 is -1.37. The average molecular weight is 768 g/mol. The molecule has 0 heterocycles. The van der Waals surface area contributed by atoms with Crippen molar-refractivity contribution in [2.45, 2.75) is 6.43 Å². The van der Waals surface area contributed by atoms with Gasteiger partial charge >= 0.3 is 0 Å². The van der Waals surface area contributed by atoms with Gasteiger partial charge in [0.2, 0.25) is 0 Å². The number of halogens is 9. The van der Waals surface area contributed by atoms with Gasteiger partial charge in [0.25, 0.3) is 0 Å². The summed E-state index contributed by atoms with van der Waals surface area (Å²) in [7, 11) is 0. The molecule has 0 aliphatic rings. The fourth-order valence-electron chi connectivity index (χ4n) is 0.557. The molecule has 0 radical (unpaired) electrons. The lowest BCUT2D eigenvalue weighted by atomic mass is 10.3. The molecule has 0 nitrogen and oxygen atoms in total. The normalized spacial score (nSPS) is 15.2. The van der Waals surface area contributed by atoms with Crippen LogP contribution in [0.3, 0.4) is 0 Å². The Morgan fingerprint density at radius 3 is 0.615 bits per heavy atom. The van der Waals surface area contributed by atoms with E-state index < -0.39 is 6.43 Å². The quantitative estimate of drug-likeness (QED) is 0.231. The van der Waals surface area contributed by atoms with Gasteiger partial charge in [-0.25, -0.2) is 0 Å². The Kier molecular flexibility index (Phi) is 7.96. The van der Waals surface area contributed by atoms with E-state index in [1.807, 2.05) is 0 Å². The third kappa shape index (κ3) is 6.72. The molecule has 13 heavy (non-hydrogen) atoms. The Hall–Kier alpha value is 4.32. The molecular weight excluding hydrogens is 767 g/mol. The highest BCUT2D eigenvalue weighted by Gasteiger charge is 2.53. The van der Waals surface area contributed by atoms with Crippen LogP contribution in [0.2, 0.25) is 0 Å². The van der Waals surface area contributed by atoms with Crippen LogP contribution in [0.5, 0.6) is 0 Å². The second-order valence-corrected chi connectivity index (χ2v) is 22.9. The maximum absolute atomic E-state index is 3.47. The van der Waals surface area contributed by atoms with E-state index in [9.17, 15) is 0 Å². The summed E-state index contributed by atoms with van der Waals surface area (Å²) in [6, 6.07) is 0. The second-order valence-electron chi connectivity index (χ2n) is 2.06. The van der Waals surface area contributed by atoms with E-state index in [4.69, 9.17) is 0 Å². The van der Waals surface area contributed by atoms with Crippen LogP contribution in [-0.2, 0) is 0 Å². The molecule has 0 unspecified atom stereocenters. The average Bonchev–Trinajstić information content (AvgIpc) is 1.44. The summed E-state index contributed by atoms with van der Waals surface area (Å²) in [5.41, 5.74) is 0. The minimum Gasteiger partial charge on any atom is -0.0594 e. The van der Waals surface area contributed by atoms with Gasteiger partial charge in [0.05, 0.1) is 5.92 Å². The van der Waals surface area contributed by atoms with Crippen molar-refractivity contribution in [1.82, 2.24) is 0 Å². The van der Waals surface area contributed by atoms with E-state index in [0.717, 1.165) is 0 Å². The van der Waals surface area contributed by atoms with Crippen LogP contribution in [0.25, 0.3) is 0 Å². The molecular formula is C4HBr9. The molecule has 0 N–H and O–H groups in total. The Morgan fingerprint density at radius 2 is 0.615 bits per heavy atom. The van der Waals surface area contributed by atoms with Gasteiger partial charge in [0.15, 0.2) is 0 Å². The molecule has 0 aromatic heterocycles. The van der Waals surface area contributed by atoms with Crippen LogP contribution in [0.15, 0.2) is 0 Å². The maximum Gasteiger partial charge on any atom is 0.143 e. The molecule has 0 aromatic rings. The summed E-state index contributed by atoms with van der Waals surface area (Å²) in [6.45, 7) is 0. The molecule has 0 fully saturated rings. The molecule has 0 atom stereocenters. The Balaban J connectivity index is 5.02. The van der Waals surface area contributed by atoms with Crippen molar-refractivity contribution in [2.24, 2.45) is 5.92 Å². The van der Waals surface area contributed by atoms with Crippen molar-refractivity contribution in [1.29, 1.82) is 0 Å². The lowest BCUT2D eigenvalue weighted by molar-refractivity contribution is 0.669. The first-order valence-electron chi connectivity index (χ1n) is 2.57. The first-order valence-corrected chi connectivity index (χ1v) is 9.70. The van der Waals surface area contributed by atoms with Gasteiger partial charge in [-0.2, -0.15) is 0 Å². The van der Waals surface area contributed by atoms with E-state index >= 15 is 0 Å². The first kappa shape index (κ1) is 17.3. The predicted molar refractivity (Wildman–Crippen MR) is 92.0 cm³/mol. The van der Waals surface area contributed by atoms with Gasteiger partial charge in [-0.1, -0.05) is 143 Å². The SMILES string of the molecule is BrC(Br)(Br)C(C(Br)(Br)Br)C(Br)(Br)Br. The fraction of sp³-hybridized carbons (Fsp3) is 1.00. The summed E-state index contributed by atoms with van der Waals surface area (Å²) in [4.78, 5) is 0. The summed E-state index contributed by atoms with van der Waals surface area (Å²) >= 11 is 31.2. The standard InChI is InChI=1S/C4HBr9/c5-2(6,7)1(3(8,9)10)4(11,12)13/h1H. The van der Waals surface area contributed by atoms with E-state index in [1.165, 1.54) is 0 Å². The van der Waals surface area contributed by atoms with Gasteiger partial charge in [0, 0.05) is 0 Å². The van der Waals surface area contributed by atoms with E-state index in [0.29, 0.717) is 0 Å².